The van der Waals surface area contributed by atoms with E-state index in [2.05, 4.69) is 16.3 Å². The van der Waals surface area contributed by atoms with E-state index in [-0.39, 0.29) is 12.1 Å². The van der Waals surface area contributed by atoms with Crippen LogP contribution >= 0.6 is 0 Å². The standard InChI is InChI=1S/C21H27N3O3/c1-16(2)27-20-7-5-4-6-19(20)23-12-14-24(15-13-23)21(25)22-17-8-10-18(26-3)11-9-17/h4-11,16H,12-15H2,1-3H3,(H,22,25). The molecule has 6 nitrogen and oxygen atoms in total. The summed E-state index contributed by atoms with van der Waals surface area (Å²) < 4.78 is 11.1. The van der Waals surface area contributed by atoms with Crippen LogP contribution in [0.25, 0.3) is 0 Å². The van der Waals surface area contributed by atoms with Crippen molar-refractivity contribution < 1.29 is 14.3 Å². The Morgan fingerprint density at radius 2 is 1.67 bits per heavy atom. The van der Waals surface area contributed by atoms with Gasteiger partial charge in [-0.05, 0) is 50.2 Å². The summed E-state index contributed by atoms with van der Waals surface area (Å²) in [7, 11) is 1.62. The van der Waals surface area contributed by atoms with Crippen molar-refractivity contribution in [3.63, 3.8) is 0 Å². The molecule has 0 radical (unpaired) electrons. The molecule has 1 heterocycles. The first-order chi connectivity index (χ1) is 13.1. The van der Waals surface area contributed by atoms with Gasteiger partial charge in [-0.3, -0.25) is 0 Å². The maximum Gasteiger partial charge on any atom is 0.321 e. The minimum atomic E-state index is -0.0773. The van der Waals surface area contributed by atoms with Gasteiger partial charge >= 0.3 is 6.03 Å². The Morgan fingerprint density at radius 3 is 2.30 bits per heavy atom. The molecular weight excluding hydrogens is 342 g/mol. The SMILES string of the molecule is COc1ccc(NC(=O)N2CCN(c3ccccc3OC(C)C)CC2)cc1. The second-order valence-electron chi connectivity index (χ2n) is 6.77. The van der Waals surface area contributed by atoms with Crippen LogP contribution in [0.2, 0.25) is 0 Å². The van der Waals surface area contributed by atoms with Crippen LogP contribution in [-0.4, -0.2) is 50.3 Å². The third-order valence-corrected chi connectivity index (χ3v) is 4.48. The van der Waals surface area contributed by atoms with Gasteiger partial charge in [0.05, 0.1) is 18.9 Å². The molecule has 0 spiro atoms. The van der Waals surface area contributed by atoms with Gasteiger partial charge in [-0.1, -0.05) is 12.1 Å². The minimum Gasteiger partial charge on any atom is -0.497 e. The lowest BCUT2D eigenvalue weighted by Crippen LogP contribution is -2.50. The van der Waals surface area contributed by atoms with Crippen molar-refractivity contribution >= 4 is 17.4 Å². The average molecular weight is 369 g/mol. The second-order valence-corrected chi connectivity index (χ2v) is 6.77. The van der Waals surface area contributed by atoms with Crippen LogP contribution in [-0.2, 0) is 0 Å². The summed E-state index contributed by atoms with van der Waals surface area (Å²) in [6.07, 6.45) is 0.128. The topological polar surface area (TPSA) is 54.0 Å². The van der Waals surface area contributed by atoms with Crippen LogP contribution in [0.15, 0.2) is 48.5 Å². The van der Waals surface area contributed by atoms with Crippen LogP contribution in [0.5, 0.6) is 11.5 Å². The lowest BCUT2D eigenvalue weighted by atomic mass is 10.2. The Hall–Kier alpha value is -2.89. The van der Waals surface area contributed by atoms with Gasteiger partial charge in [-0.15, -0.1) is 0 Å². The summed E-state index contributed by atoms with van der Waals surface area (Å²) in [5.41, 5.74) is 1.85. The van der Waals surface area contributed by atoms with Crippen molar-refractivity contribution in [2.24, 2.45) is 0 Å². The maximum absolute atomic E-state index is 12.5. The molecule has 1 fully saturated rings. The van der Waals surface area contributed by atoms with Crippen molar-refractivity contribution in [3.8, 4) is 11.5 Å². The first-order valence-corrected chi connectivity index (χ1v) is 9.27. The van der Waals surface area contributed by atoms with Gasteiger partial charge in [0.15, 0.2) is 0 Å². The molecule has 6 heteroatoms. The molecule has 0 aromatic heterocycles. The van der Waals surface area contributed by atoms with Gasteiger partial charge in [0, 0.05) is 31.9 Å². The third-order valence-electron chi connectivity index (χ3n) is 4.48. The monoisotopic (exact) mass is 369 g/mol. The Kier molecular flexibility index (Phi) is 6.06. The molecule has 0 unspecified atom stereocenters. The molecule has 1 N–H and O–H groups in total. The summed E-state index contributed by atoms with van der Waals surface area (Å²) in [6, 6.07) is 15.3. The highest BCUT2D eigenvalue weighted by atomic mass is 16.5. The third kappa shape index (κ3) is 4.84. The van der Waals surface area contributed by atoms with Gasteiger partial charge in [0.25, 0.3) is 0 Å². The number of hydrogen-bond donors (Lipinski definition) is 1. The number of nitrogens with one attached hydrogen (secondary N) is 1. The van der Waals surface area contributed by atoms with Gasteiger partial charge in [0.2, 0.25) is 0 Å². The quantitative estimate of drug-likeness (QED) is 0.870. The van der Waals surface area contributed by atoms with E-state index in [0.717, 1.165) is 36.0 Å². The lowest BCUT2D eigenvalue weighted by Gasteiger charge is -2.36. The molecule has 1 saturated heterocycles. The van der Waals surface area contributed by atoms with E-state index in [0.29, 0.717) is 13.1 Å². The molecule has 2 aromatic rings. The fourth-order valence-corrected chi connectivity index (χ4v) is 3.10. The summed E-state index contributed by atoms with van der Waals surface area (Å²) in [5.74, 6) is 1.66. The van der Waals surface area contributed by atoms with E-state index in [1.165, 1.54) is 0 Å². The molecule has 27 heavy (non-hydrogen) atoms. The highest BCUT2D eigenvalue weighted by Gasteiger charge is 2.23. The highest BCUT2D eigenvalue weighted by molar-refractivity contribution is 5.89. The number of ether oxygens (including phenoxy) is 2. The van der Waals surface area contributed by atoms with E-state index in [9.17, 15) is 4.79 Å². The number of amides is 2. The van der Waals surface area contributed by atoms with Crippen molar-refractivity contribution in [2.45, 2.75) is 20.0 Å². The number of hydrogen-bond acceptors (Lipinski definition) is 4. The summed E-state index contributed by atoms with van der Waals surface area (Å²) in [6.45, 7) is 6.93. The van der Waals surface area contributed by atoms with Crippen LogP contribution in [0.1, 0.15) is 13.8 Å². The zero-order valence-electron chi connectivity index (χ0n) is 16.1. The molecule has 0 atom stereocenters. The zero-order chi connectivity index (χ0) is 19.2. The summed E-state index contributed by atoms with van der Waals surface area (Å²) >= 11 is 0. The Labute approximate surface area is 160 Å². The number of para-hydroxylation sites is 2. The zero-order valence-corrected chi connectivity index (χ0v) is 16.1. The largest absolute Gasteiger partial charge is 0.497 e. The van der Waals surface area contributed by atoms with Crippen molar-refractivity contribution in [1.29, 1.82) is 0 Å². The number of benzene rings is 2. The number of anilines is 2. The highest BCUT2D eigenvalue weighted by Crippen LogP contribution is 2.29. The first-order valence-electron chi connectivity index (χ1n) is 9.27. The van der Waals surface area contributed by atoms with E-state index >= 15 is 0 Å². The number of carbonyl (C=O) groups excluding carboxylic acids is 1. The van der Waals surface area contributed by atoms with E-state index in [1.54, 1.807) is 7.11 Å². The molecule has 0 aliphatic carbocycles. The van der Waals surface area contributed by atoms with E-state index in [1.807, 2.05) is 61.2 Å². The van der Waals surface area contributed by atoms with Gasteiger partial charge in [-0.25, -0.2) is 4.79 Å². The second kappa shape index (κ2) is 8.66. The predicted molar refractivity (Wildman–Crippen MR) is 108 cm³/mol. The first kappa shape index (κ1) is 18.9. The Balaban J connectivity index is 1.57. The van der Waals surface area contributed by atoms with Crippen LogP contribution in [0.4, 0.5) is 16.2 Å². The predicted octanol–water partition coefficient (Wildman–Crippen LogP) is 3.84. The number of nitrogens with zero attached hydrogens (tertiary/aromatic N) is 2. The molecule has 3 rings (SSSR count). The number of urea groups is 1. The average Bonchev–Trinajstić information content (AvgIpc) is 2.69. The number of piperazine rings is 1. The van der Waals surface area contributed by atoms with Gasteiger partial charge in [0.1, 0.15) is 11.5 Å². The molecule has 144 valence electrons. The number of methoxy groups -OCH3 is 1. The fourth-order valence-electron chi connectivity index (χ4n) is 3.10. The summed E-state index contributed by atoms with van der Waals surface area (Å²) in [5, 5.41) is 2.94. The smallest absolute Gasteiger partial charge is 0.321 e. The van der Waals surface area contributed by atoms with Crippen molar-refractivity contribution in [2.75, 3.05) is 43.5 Å². The Morgan fingerprint density at radius 1 is 1.00 bits per heavy atom. The van der Waals surface area contributed by atoms with Crippen LogP contribution < -0.4 is 19.7 Å². The molecule has 2 aromatic carbocycles. The van der Waals surface area contributed by atoms with Crippen LogP contribution in [0, 0.1) is 0 Å². The molecule has 0 saturated carbocycles. The van der Waals surface area contributed by atoms with Crippen molar-refractivity contribution in [3.05, 3.63) is 48.5 Å². The maximum atomic E-state index is 12.5. The number of rotatable bonds is 5. The summed E-state index contributed by atoms with van der Waals surface area (Å²) in [4.78, 5) is 16.6. The number of carbonyl (C=O) groups is 1. The fraction of sp³-hybridized carbons (Fsp3) is 0.381. The van der Waals surface area contributed by atoms with E-state index < -0.39 is 0 Å². The normalized spacial score (nSPS) is 14.2. The van der Waals surface area contributed by atoms with Crippen LogP contribution in [0.3, 0.4) is 0 Å². The minimum absolute atomic E-state index is 0.0773. The Bertz CT molecular complexity index is 754. The molecule has 1 aliphatic rings. The molecule has 1 aliphatic heterocycles. The lowest BCUT2D eigenvalue weighted by molar-refractivity contribution is 0.207. The van der Waals surface area contributed by atoms with Gasteiger partial charge in [-0.2, -0.15) is 0 Å². The molecule has 0 bridgehead atoms. The van der Waals surface area contributed by atoms with Gasteiger partial charge < -0.3 is 24.6 Å². The molecular formula is C21H27N3O3. The van der Waals surface area contributed by atoms with Crippen molar-refractivity contribution in [1.82, 2.24) is 4.90 Å². The van der Waals surface area contributed by atoms with E-state index in [4.69, 9.17) is 9.47 Å². The molecule has 2 amide bonds.